The second-order valence-electron chi connectivity index (χ2n) is 4.83. The summed E-state index contributed by atoms with van der Waals surface area (Å²) in [5.74, 6) is -1.15. The molecule has 0 saturated carbocycles. The van der Waals surface area contributed by atoms with E-state index >= 15 is 0 Å². The lowest BCUT2D eigenvalue weighted by Crippen LogP contribution is -2.25. The Labute approximate surface area is 122 Å². The summed E-state index contributed by atoms with van der Waals surface area (Å²) in [5.41, 5.74) is 4.46. The van der Waals surface area contributed by atoms with Gasteiger partial charge in [-0.05, 0) is 36.2 Å². The van der Waals surface area contributed by atoms with E-state index in [0.717, 1.165) is 36.8 Å². The van der Waals surface area contributed by atoms with Gasteiger partial charge in [-0.3, -0.25) is 4.98 Å². The number of nitrogens with zero attached hydrogens (tertiary/aromatic N) is 1. The van der Waals surface area contributed by atoms with Crippen molar-refractivity contribution in [2.24, 2.45) is 0 Å². The van der Waals surface area contributed by atoms with E-state index in [-0.39, 0.29) is 12.4 Å². The van der Waals surface area contributed by atoms with Crippen molar-refractivity contribution in [3.05, 3.63) is 52.7 Å². The van der Waals surface area contributed by atoms with Gasteiger partial charge in [-0.1, -0.05) is 0 Å². The first-order valence-electron chi connectivity index (χ1n) is 6.30. The van der Waals surface area contributed by atoms with Crippen molar-refractivity contribution in [2.45, 2.75) is 19.9 Å². The lowest BCUT2D eigenvalue weighted by Gasteiger charge is -2.19. The van der Waals surface area contributed by atoms with Crippen LogP contribution < -0.4 is 5.32 Å². The zero-order chi connectivity index (χ0) is 13.4. The van der Waals surface area contributed by atoms with Gasteiger partial charge in [-0.2, -0.15) is 0 Å². The number of benzene rings is 1. The molecule has 0 aliphatic carbocycles. The number of halogens is 3. The Morgan fingerprint density at radius 1 is 1.10 bits per heavy atom. The third-order valence-corrected chi connectivity index (χ3v) is 3.43. The zero-order valence-electron chi connectivity index (χ0n) is 11.0. The Balaban J connectivity index is 0.00000147. The lowest BCUT2D eigenvalue weighted by atomic mass is 9.99. The van der Waals surface area contributed by atoms with Crippen molar-refractivity contribution in [1.82, 2.24) is 10.3 Å². The highest BCUT2D eigenvalue weighted by atomic mass is 35.5. The van der Waals surface area contributed by atoms with Crippen molar-refractivity contribution in [1.29, 1.82) is 0 Å². The molecule has 5 heteroatoms. The Morgan fingerprint density at radius 2 is 1.80 bits per heavy atom. The molecule has 2 aromatic rings. The van der Waals surface area contributed by atoms with Crippen LogP contribution in [0.5, 0.6) is 0 Å². The summed E-state index contributed by atoms with van der Waals surface area (Å²) >= 11 is 0. The fourth-order valence-corrected chi connectivity index (χ4v) is 2.48. The van der Waals surface area contributed by atoms with Crippen LogP contribution in [0.25, 0.3) is 11.3 Å². The normalized spacial score (nSPS) is 13.6. The number of nitrogens with one attached hydrogen (secondary N) is 1. The molecule has 0 radical (unpaired) electrons. The van der Waals surface area contributed by atoms with Gasteiger partial charge in [0.2, 0.25) is 0 Å². The van der Waals surface area contributed by atoms with Gasteiger partial charge >= 0.3 is 0 Å². The molecule has 1 aromatic carbocycles. The van der Waals surface area contributed by atoms with E-state index in [1.54, 1.807) is 0 Å². The zero-order valence-corrected chi connectivity index (χ0v) is 11.9. The molecule has 1 aliphatic rings. The molecule has 3 rings (SSSR count). The van der Waals surface area contributed by atoms with E-state index < -0.39 is 11.6 Å². The van der Waals surface area contributed by atoms with Gasteiger partial charge in [-0.15, -0.1) is 12.4 Å². The first-order chi connectivity index (χ1) is 9.13. The van der Waals surface area contributed by atoms with Crippen LogP contribution >= 0.6 is 12.4 Å². The molecule has 1 N–H and O–H groups in total. The molecule has 0 amide bonds. The molecular formula is C15H15ClF2N2. The minimum Gasteiger partial charge on any atom is -0.312 e. The van der Waals surface area contributed by atoms with Crippen molar-refractivity contribution in [2.75, 3.05) is 6.54 Å². The maximum Gasteiger partial charge on any atom is 0.126 e. The average molecular weight is 297 g/mol. The molecule has 2 heterocycles. The second-order valence-corrected chi connectivity index (χ2v) is 4.83. The number of hydrogen-bond donors (Lipinski definition) is 1. The van der Waals surface area contributed by atoms with Crippen LogP contribution in [-0.4, -0.2) is 11.5 Å². The summed E-state index contributed by atoms with van der Waals surface area (Å²) in [7, 11) is 0. The summed E-state index contributed by atoms with van der Waals surface area (Å²) in [6.07, 6.45) is 0.849. The second kappa shape index (κ2) is 5.85. The summed E-state index contributed by atoms with van der Waals surface area (Å²) in [6, 6.07) is 5.40. The van der Waals surface area contributed by atoms with Crippen molar-refractivity contribution in [3.8, 4) is 11.3 Å². The number of rotatable bonds is 1. The molecular weight excluding hydrogens is 282 g/mol. The third kappa shape index (κ3) is 2.81. The molecule has 0 bridgehead atoms. The van der Waals surface area contributed by atoms with Gasteiger partial charge in [0, 0.05) is 36.8 Å². The highest BCUT2D eigenvalue weighted by molar-refractivity contribution is 5.85. The van der Waals surface area contributed by atoms with Gasteiger partial charge in [0.1, 0.15) is 11.6 Å². The number of pyridine rings is 1. The minimum absolute atomic E-state index is 0. The minimum atomic E-state index is -0.575. The van der Waals surface area contributed by atoms with E-state index in [0.29, 0.717) is 11.3 Å². The molecule has 20 heavy (non-hydrogen) atoms. The summed E-state index contributed by atoms with van der Waals surface area (Å²) in [5, 5.41) is 3.30. The van der Waals surface area contributed by atoms with E-state index in [2.05, 4.69) is 10.3 Å². The molecule has 0 fully saturated rings. The van der Waals surface area contributed by atoms with Gasteiger partial charge in [0.25, 0.3) is 0 Å². The first-order valence-corrected chi connectivity index (χ1v) is 6.30. The van der Waals surface area contributed by atoms with Crippen molar-refractivity contribution >= 4 is 12.4 Å². The molecule has 1 aromatic heterocycles. The third-order valence-electron chi connectivity index (χ3n) is 3.43. The molecule has 106 valence electrons. The van der Waals surface area contributed by atoms with Crippen LogP contribution in [0.3, 0.4) is 0 Å². The molecule has 2 nitrogen and oxygen atoms in total. The molecule has 0 unspecified atom stereocenters. The number of hydrogen-bond acceptors (Lipinski definition) is 2. The van der Waals surface area contributed by atoms with Crippen LogP contribution in [0.2, 0.25) is 0 Å². The maximum absolute atomic E-state index is 13.3. The Kier molecular flexibility index (Phi) is 4.35. The fraction of sp³-hybridized carbons (Fsp3) is 0.267. The summed E-state index contributed by atoms with van der Waals surface area (Å²) < 4.78 is 26.6. The summed E-state index contributed by atoms with van der Waals surface area (Å²) in [6.45, 7) is 3.71. The van der Waals surface area contributed by atoms with Crippen molar-refractivity contribution < 1.29 is 8.78 Å². The van der Waals surface area contributed by atoms with E-state index in [9.17, 15) is 8.78 Å². The van der Waals surface area contributed by atoms with Crippen LogP contribution in [0, 0.1) is 18.6 Å². The fourth-order valence-electron chi connectivity index (χ4n) is 2.48. The standard InChI is InChI=1S/C15H14F2N2.ClH/c1-9-4-15(10-5-11(16)7-12(17)6-10)19-14-2-3-18-8-13(9)14;/h4-7,18H,2-3,8H2,1H3;1H. The quantitative estimate of drug-likeness (QED) is 0.872. The first kappa shape index (κ1) is 14.9. The van der Waals surface area contributed by atoms with Gasteiger partial charge < -0.3 is 5.32 Å². The highest BCUT2D eigenvalue weighted by Crippen LogP contribution is 2.25. The molecule has 0 saturated heterocycles. The van der Waals surface area contributed by atoms with E-state index in [1.807, 2.05) is 13.0 Å². The number of fused-ring (bicyclic) bond motifs is 1. The molecule has 0 spiro atoms. The lowest BCUT2D eigenvalue weighted by molar-refractivity contribution is 0.584. The van der Waals surface area contributed by atoms with Crippen LogP contribution in [0.4, 0.5) is 8.78 Å². The maximum atomic E-state index is 13.3. The predicted octanol–water partition coefficient (Wildman–Crippen LogP) is 3.40. The van der Waals surface area contributed by atoms with E-state index in [1.165, 1.54) is 17.7 Å². The molecule has 0 atom stereocenters. The number of aryl methyl sites for hydroxylation is 1. The Bertz CT molecular complexity index is 624. The Hall–Kier alpha value is -1.52. The predicted molar refractivity (Wildman–Crippen MR) is 77.0 cm³/mol. The summed E-state index contributed by atoms with van der Waals surface area (Å²) in [4.78, 5) is 4.55. The Morgan fingerprint density at radius 3 is 2.50 bits per heavy atom. The van der Waals surface area contributed by atoms with Gasteiger partial charge in [0.05, 0.1) is 5.69 Å². The monoisotopic (exact) mass is 296 g/mol. The van der Waals surface area contributed by atoms with Gasteiger partial charge in [-0.25, -0.2) is 8.78 Å². The van der Waals surface area contributed by atoms with Crippen LogP contribution in [0.1, 0.15) is 16.8 Å². The largest absolute Gasteiger partial charge is 0.312 e. The smallest absolute Gasteiger partial charge is 0.126 e. The average Bonchev–Trinajstić information content (AvgIpc) is 2.37. The highest BCUT2D eigenvalue weighted by Gasteiger charge is 2.15. The SMILES string of the molecule is Cc1cc(-c2cc(F)cc(F)c2)nc2c1CNCC2.Cl. The number of aromatic nitrogens is 1. The van der Waals surface area contributed by atoms with E-state index in [4.69, 9.17) is 0 Å². The van der Waals surface area contributed by atoms with Gasteiger partial charge in [0.15, 0.2) is 0 Å². The molecule has 1 aliphatic heterocycles. The topological polar surface area (TPSA) is 24.9 Å². The van der Waals surface area contributed by atoms with Crippen molar-refractivity contribution in [3.63, 3.8) is 0 Å². The van der Waals surface area contributed by atoms with Crippen LogP contribution in [-0.2, 0) is 13.0 Å². The van der Waals surface area contributed by atoms with Crippen LogP contribution in [0.15, 0.2) is 24.3 Å².